The first kappa shape index (κ1) is 15.8. The van der Waals surface area contributed by atoms with Gasteiger partial charge in [0.05, 0.1) is 12.5 Å². The minimum absolute atomic E-state index is 0.153. The third kappa shape index (κ3) is 3.46. The highest BCUT2D eigenvalue weighted by atomic mass is 35.5. The van der Waals surface area contributed by atoms with Gasteiger partial charge in [0.15, 0.2) is 11.5 Å². The number of carbonyl (C=O) groups is 1. The van der Waals surface area contributed by atoms with Gasteiger partial charge in [-0.3, -0.25) is 9.20 Å². The molecule has 7 heteroatoms. The van der Waals surface area contributed by atoms with E-state index in [9.17, 15) is 4.79 Å². The number of nitrogens with zero attached hydrogens (tertiary/aromatic N) is 3. The summed E-state index contributed by atoms with van der Waals surface area (Å²) in [6.45, 7) is 1.86. The minimum atomic E-state index is -0.280. The maximum Gasteiger partial charge on any atom is 0.225 e. The van der Waals surface area contributed by atoms with Gasteiger partial charge in [0.2, 0.25) is 5.91 Å². The van der Waals surface area contributed by atoms with Crippen LogP contribution in [0.3, 0.4) is 0 Å². The molecule has 5 nitrogen and oxygen atoms in total. The molecule has 0 radical (unpaired) electrons. The van der Waals surface area contributed by atoms with Crippen LogP contribution in [0.5, 0.6) is 0 Å². The Morgan fingerprint density at radius 1 is 1.26 bits per heavy atom. The predicted molar refractivity (Wildman–Crippen MR) is 89.7 cm³/mol. The van der Waals surface area contributed by atoms with Crippen molar-refractivity contribution in [2.75, 3.05) is 0 Å². The fourth-order valence-electron chi connectivity index (χ4n) is 2.36. The van der Waals surface area contributed by atoms with Crippen LogP contribution in [-0.4, -0.2) is 20.5 Å². The molecule has 0 fully saturated rings. The second-order valence-corrected chi connectivity index (χ2v) is 6.03. The van der Waals surface area contributed by atoms with E-state index < -0.39 is 0 Å². The van der Waals surface area contributed by atoms with E-state index in [0.29, 0.717) is 21.4 Å². The van der Waals surface area contributed by atoms with Crippen LogP contribution in [0.15, 0.2) is 42.6 Å². The van der Waals surface area contributed by atoms with Crippen LogP contribution in [0.1, 0.15) is 24.4 Å². The maximum absolute atomic E-state index is 12.2. The first-order valence-electron chi connectivity index (χ1n) is 7.07. The highest BCUT2D eigenvalue weighted by Crippen LogP contribution is 2.21. The second-order valence-electron chi connectivity index (χ2n) is 5.19. The molecular formula is C16H14Cl2N4O. The Morgan fingerprint density at radius 3 is 2.91 bits per heavy atom. The van der Waals surface area contributed by atoms with Crippen molar-refractivity contribution in [2.45, 2.75) is 19.4 Å². The maximum atomic E-state index is 12.2. The van der Waals surface area contributed by atoms with Crippen molar-refractivity contribution in [3.8, 4) is 0 Å². The normalized spacial score (nSPS) is 12.3. The first-order chi connectivity index (χ1) is 11.0. The van der Waals surface area contributed by atoms with Gasteiger partial charge in [0, 0.05) is 16.2 Å². The van der Waals surface area contributed by atoms with Gasteiger partial charge in [-0.1, -0.05) is 29.3 Å². The fourth-order valence-corrected chi connectivity index (χ4v) is 2.74. The molecule has 1 atom stereocenters. The molecule has 2 heterocycles. The summed E-state index contributed by atoms with van der Waals surface area (Å²) < 4.78 is 1.84. The van der Waals surface area contributed by atoms with E-state index in [4.69, 9.17) is 23.2 Å². The lowest BCUT2D eigenvalue weighted by Gasteiger charge is -2.13. The molecular weight excluding hydrogens is 335 g/mol. The molecule has 0 saturated heterocycles. The Labute approximate surface area is 143 Å². The van der Waals surface area contributed by atoms with Crippen LogP contribution in [0.4, 0.5) is 0 Å². The number of hydrogen-bond acceptors (Lipinski definition) is 3. The van der Waals surface area contributed by atoms with E-state index in [1.165, 1.54) is 0 Å². The molecule has 118 valence electrons. The summed E-state index contributed by atoms with van der Waals surface area (Å²) >= 11 is 12.0. The van der Waals surface area contributed by atoms with Gasteiger partial charge >= 0.3 is 0 Å². The number of benzene rings is 1. The molecule has 2 aromatic heterocycles. The van der Waals surface area contributed by atoms with Gasteiger partial charge in [0.25, 0.3) is 0 Å². The standard InChI is InChI=1S/C16H14Cl2N4O/c1-10(16-21-20-14-4-2-3-7-22(14)16)19-15(23)9-11-8-12(17)5-6-13(11)18/h2-8,10H,9H2,1H3,(H,19,23). The van der Waals surface area contributed by atoms with Crippen LogP contribution >= 0.6 is 23.2 Å². The average molecular weight is 349 g/mol. The Morgan fingerprint density at radius 2 is 2.09 bits per heavy atom. The van der Waals surface area contributed by atoms with Crippen molar-refractivity contribution in [2.24, 2.45) is 0 Å². The Kier molecular flexibility index (Phi) is 4.50. The van der Waals surface area contributed by atoms with Crippen LogP contribution in [0.25, 0.3) is 5.65 Å². The number of aromatic nitrogens is 3. The molecule has 3 rings (SSSR count). The van der Waals surface area contributed by atoms with Crippen molar-refractivity contribution in [1.29, 1.82) is 0 Å². The van der Waals surface area contributed by atoms with Crippen molar-refractivity contribution < 1.29 is 4.79 Å². The third-order valence-corrected chi connectivity index (χ3v) is 4.07. The van der Waals surface area contributed by atoms with Crippen molar-refractivity contribution in [3.05, 3.63) is 64.0 Å². The summed E-state index contributed by atoms with van der Waals surface area (Å²) in [5, 5.41) is 12.2. The van der Waals surface area contributed by atoms with Gasteiger partial charge in [0.1, 0.15) is 0 Å². The number of hydrogen-bond donors (Lipinski definition) is 1. The fraction of sp³-hybridized carbons (Fsp3) is 0.188. The van der Waals surface area contributed by atoms with E-state index in [1.54, 1.807) is 18.2 Å². The highest BCUT2D eigenvalue weighted by molar-refractivity contribution is 6.33. The van der Waals surface area contributed by atoms with Crippen LogP contribution in [0.2, 0.25) is 10.0 Å². The molecule has 3 aromatic rings. The zero-order chi connectivity index (χ0) is 16.4. The van der Waals surface area contributed by atoms with Gasteiger partial charge in [-0.25, -0.2) is 0 Å². The lowest BCUT2D eigenvalue weighted by atomic mass is 10.1. The van der Waals surface area contributed by atoms with E-state index in [-0.39, 0.29) is 18.4 Å². The smallest absolute Gasteiger partial charge is 0.225 e. The van der Waals surface area contributed by atoms with Crippen LogP contribution in [0, 0.1) is 0 Å². The second kappa shape index (κ2) is 6.56. The third-order valence-electron chi connectivity index (χ3n) is 3.46. The number of carbonyl (C=O) groups excluding carboxylic acids is 1. The molecule has 1 unspecified atom stereocenters. The Bertz CT molecular complexity index is 862. The van der Waals surface area contributed by atoms with Gasteiger partial charge in [-0.15, -0.1) is 10.2 Å². The molecule has 0 aliphatic heterocycles. The zero-order valence-corrected chi connectivity index (χ0v) is 13.8. The van der Waals surface area contributed by atoms with E-state index in [1.807, 2.05) is 35.7 Å². The molecule has 0 spiro atoms. The van der Waals surface area contributed by atoms with E-state index in [2.05, 4.69) is 15.5 Å². The Balaban J connectivity index is 1.73. The summed E-state index contributed by atoms with van der Waals surface area (Å²) in [6, 6.07) is 10.4. The van der Waals surface area contributed by atoms with Crippen LogP contribution < -0.4 is 5.32 Å². The number of halogens is 2. The van der Waals surface area contributed by atoms with Gasteiger partial charge in [-0.2, -0.15) is 0 Å². The van der Waals surface area contributed by atoms with E-state index in [0.717, 1.165) is 5.65 Å². The van der Waals surface area contributed by atoms with Gasteiger partial charge in [-0.05, 0) is 42.8 Å². The van der Waals surface area contributed by atoms with Crippen molar-refractivity contribution in [1.82, 2.24) is 19.9 Å². The van der Waals surface area contributed by atoms with Crippen LogP contribution in [-0.2, 0) is 11.2 Å². The molecule has 1 aromatic carbocycles. The first-order valence-corrected chi connectivity index (χ1v) is 7.83. The molecule has 0 aliphatic rings. The minimum Gasteiger partial charge on any atom is -0.346 e. The zero-order valence-electron chi connectivity index (χ0n) is 12.3. The number of amides is 1. The SMILES string of the molecule is CC(NC(=O)Cc1cc(Cl)ccc1Cl)c1nnc2ccccn12. The number of nitrogens with one attached hydrogen (secondary N) is 1. The summed E-state index contributed by atoms with van der Waals surface area (Å²) in [6.07, 6.45) is 2.02. The number of fused-ring (bicyclic) bond motifs is 1. The summed E-state index contributed by atoms with van der Waals surface area (Å²) in [7, 11) is 0. The molecule has 0 aliphatic carbocycles. The molecule has 23 heavy (non-hydrogen) atoms. The predicted octanol–water partition coefficient (Wildman–Crippen LogP) is 3.46. The lowest BCUT2D eigenvalue weighted by Crippen LogP contribution is -2.29. The Hall–Kier alpha value is -2.11. The average Bonchev–Trinajstić information content (AvgIpc) is 2.95. The molecule has 0 bridgehead atoms. The largest absolute Gasteiger partial charge is 0.346 e. The monoisotopic (exact) mass is 348 g/mol. The lowest BCUT2D eigenvalue weighted by molar-refractivity contribution is -0.121. The van der Waals surface area contributed by atoms with Gasteiger partial charge < -0.3 is 5.32 Å². The number of pyridine rings is 1. The summed E-state index contributed by atoms with van der Waals surface area (Å²) in [5.41, 5.74) is 1.43. The summed E-state index contributed by atoms with van der Waals surface area (Å²) in [4.78, 5) is 12.2. The van der Waals surface area contributed by atoms with Crippen molar-refractivity contribution >= 4 is 34.8 Å². The molecule has 1 N–H and O–H groups in total. The molecule has 0 saturated carbocycles. The van der Waals surface area contributed by atoms with E-state index >= 15 is 0 Å². The summed E-state index contributed by atoms with van der Waals surface area (Å²) in [5.74, 6) is 0.514. The van der Waals surface area contributed by atoms with Crippen molar-refractivity contribution in [3.63, 3.8) is 0 Å². The molecule has 1 amide bonds. The topological polar surface area (TPSA) is 59.3 Å². The number of rotatable bonds is 4. The quantitative estimate of drug-likeness (QED) is 0.785. The highest BCUT2D eigenvalue weighted by Gasteiger charge is 2.16.